The monoisotopic (exact) mass is 239 g/mol. The molecule has 16 heavy (non-hydrogen) atoms. The fourth-order valence-electron chi connectivity index (χ4n) is 1.36. The molecule has 0 N–H and O–H groups in total. The molecule has 0 aliphatic heterocycles. The van der Waals surface area contributed by atoms with E-state index in [1.54, 1.807) is 13.8 Å². The SMILES string of the molecule is CC(C)C(=O)C(C#N)c1cccc(Cl)c1F. The van der Waals surface area contributed by atoms with Crippen LogP contribution in [0.15, 0.2) is 18.2 Å². The Hall–Kier alpha value is -1.40. The first-order valence-electron chi connectivity index (χ1n) is 4.86. The molecule has 1 unspecified atom stereocenters. The minimum Gasteiger partial charge on any atom is -0.298 e. The number of nitrogens with zero attached hydrogens (tertiary/aromatic N) is 1. The smallest absolute Gasteiger partial charge is 0.157 e. The van der Waals surface area contributed by atoms with E-state index < -0.39 is 11.7 Å². The fourth-order valence-corrected chi connectivity index (χ4v) is 1.55. The summed E-state index contributed by atoms with van der Waals surface area (Å²) < 4.78 is 13.6. The lowest BCUT2D eigenvalue weighted by atomic mass is 9.90. The van der Waals surface area contributed by atoms with Gasteiger partial charge in [0.05, 0.1) is 11.1 Å². The predicted molar refractivity (Wildman–Crippen MR) is 59.6 cm³/mol. The van der Waals surface area contributed by atoms with Crippen molar-refractivity contribution in [2.75, 3.05) is 0 Å². The van der Waals surface area contributed by atoms with Crippen LogP contribution in [-0.2, 0) is 4.79 Å². The summed E-state index contributed by atoms with van der Waals surface area (Å²) in [5.41, 5.74) is 0.0497. The standard InChI is InChI=1S/C12H11ClFNO/c1-7(2)12(16)9(6-15)8-4-3-5-10(13)11(8)14/h3-5,7,9H,1-2H3. The quantitative estimate of drug-likeness (QED) is 0.812. The van der Waals surface area contributed by atoms with Crippen molar-refractivity contribution in [2.24, 2.45) is 5.92 Å². The van der Waals surface area contributed by atoms with Gasteiger partial charge in [0.1, 0.15) is 11.7 Å². The molecule has 0 aliphatic rings. The molecular formula is C12H11ClFNO. The highest BCUT2D eigenvalue weighted by molar-refractivity contribution is 6.30. The number of carbonyl (C=O) groups excluding carboxylic acids is 1. The molecule has 0 radical (unpaired) electrons. The van der Waals surface area contributed by atoms with Crippen molar-refractivity contribution < 1.29 is 9.18 Å². The molecule has 0 bridgehead atoms. The number of hydrogen-bond acceptors (Lipinski definition) is 2. The Balaban J connectivity index is 3.21. The Bertz CT molecular complexity index is 451. The number of ketones is 1. The molecule has 0 heterocycles. The van der Waals surface area contributed by atoms with Crippen LogP contribution in [0.4, 0.5) is 4.39 Å². The Morgan fingerprint density at radius 1 is 1.50 bits per heavy atom. The van der Waals surface area contributed by atoms with Crippen LogP contribution < -0.4 is 0 Å². The van der Waals surface area contributed by atoms with Crippen molar-refractivity contribution in [3.63, 3.8) is 0 Å². The van der Waals surface area contributed by atoms with Gasteiger partial charge in [0.2, 0.25) is 0 Å². The summed E-state index contributed by atoms with van der Waals surface area (Å²) in [6.45, 7) is 3.35. The van der Waals surface area contributed by atoms with E-state index in [9.17, 15) is 9.18 Å². The van der Waals surface area contributed by atoms with E-state index in [-0.39, 0.29) is 22.3 Å². The molecule has 0 aliphatic carbocycles. The van der Waals surface area contributed by atoms with Crippen molar-refractivity contribution in [1.82, 2.24) is 0 Å². The summed E-state index contributed by atoms with van der Waals surface area (Å²) in [6.07, 6.45) is 0. The molecule has 0 saturated carbocycles. The van der Waals surface area contributed by atoms with Gasteiger partial charge >= 0.3 is 0 Å². The van der Waals surface area contributed by atoms with Crippen LogP contribution in [0.5, 0.6) is 0 Å². The van der Waals surface area contributed by atoms with Gasteiger partial charge in [-0.15, -0.1) is 0 Å². The average molecular weight is 240 g/mol. The molecule has 1 rings (SSSR count). The van der Waals surface area contributed by atoms with Gasteiger partial charge in [-0.3, -0.25) is 4.79 Å². The van der Waals surface area contributed by atoms with Crippen molar-refractivity contribution in [3.8, 4) is 6.07 Å². The largest absolute Gasteiger partial charge is 0.298 e. The molecule has 0 amide bonds. The lowest BCUT2D eigenvalue weighted by Gasteiger charge is -2.12. The number of Topliss-reactive ketones (excluding diaryl/α,β-unsaturated/α-hetero) is 1. The van der Waals surface area contributed by atoms with Crippen LogP contribution in [0.25, 0.3) is 0 Å². The topological polar surface area (TPSA) is 40.9 Å². The Kier molecular flexibility index (Phi) is 4.03. The summed E-state index contributed by atoms with van der Waals surface area (Å²) in [5, 5.41) is 8.86. The van der Waals surface area contributed by atoms with Crippen LogP contribution >= 0.6 is 11.6 Å². The van der Waals surface area contributed by atoms with Gasteiger partial charge in [0, 0.05) is 11.5 Å². The maximum Gasteiger partial charge on any atom is 0.157 e. The van der Waals surface area contributed by atoms with Gasteiger partial charge < -0.3 is 0 Å². The first-order valence-corrected chi connectivity index (χ1v) is 5.24. The lowest BCUT2D eigenvalue weighted by molar-refractivity contribution is -0.122. The van der Waals surface area contributed by atoms with Crippen LogP contribution in [0.2, 0.25) is 5.02 Å². The number of nitriles is 1. The number of carbonyl (C=O) groups is 1. The molecule has 0 spiro atoms. The van der Waals surface area contributed by atoms with Crippen LogP contribution in [-0.4, -0.2) is 5.78 Å². The zero-order valence-electron chi connectivity index (χ0n) is 9.00. The molecule has 1 atom stereocenters. The van der Waals surface area contributed by atoms with Crippen molar-refractivity contribution in [3.05, 3.63) is 34.6 Å². The second-order valence-electron chi connectivity index (χ2n) is 3.76. The maximum absolute atomic E-state index is 13.6. The van der Waals surface area contributed by atoms with Gasteiger partial charge in [-0.1, -0.05) is 37.6 Å². The summed E-state index contributed by atoms with van der Waals surface area (Å²) in [7, 11) is 0. The minimum absolute atomic E-state index is 0.0497. The van der Waals surface area contributed by atoms with E-state index in [0.717, 1.165) is 0 Å². The van der Waals surface area contributed by atoms with Gasteiger partial charge in [-0.2, -0.15) is 5.26 Å². The number of hydrogen-bond donors (Lipinski definition) is 0. The van der Waals surface area contributed by atoms with Crippen LogP contribution in [0, 0.1) is 23.1 Å². The maximum atomic E-state index is 13.6. The molecule has 0 saturated heterocycles. The van der Waals surface area contributed by atoms with Crippen molar-refractivity contribution in [2.45, 2.75) is 19.8 Å². The molecule has 2 nitrogen and oxygen atoms in total. The molecule has 0 aromatic heterocycles. The Labute approximate surface area is 98.6 Å². The normalized spacial score (nSPS) is 12.2. The molecule has 1 aromatic rings. The highest BCUT2D eigenvalue weighted by Crippen LogP contribution is 2.26. The van der Waals surface area contributed by atoms with E-state index in [4.69, 9.17) is 16.9 Å². The van der Waals surface area contributed by atoms with E-state index in [1.165, 1.54) is 18.2 Å². The molecule has 4 heteroatoms. The lowest BCUT2D eigenvalue weighted by Crippen LogP contribution is -2.17. The van der Waals surface area contributed by atoms with Crippen LogP contribution in [0.1, 0.15) is 25.3 Å². The second-order valence-corrected chi connectivity index (χ2v) is 4.17. The number of benzene rings is 1. The van der Waals surface area contributed by atoms with E-state index >= 15 is 0 Å². The first-order chi connectivity index (χ1) is 7.49. The fraction of sp³-hybridized carbons (Fsp3) is 0.333. The molecule has 1 aromatic carbocycles. The average Bonchev–Trinajstić information content (AvgIpc) is 2.24. The zero-order valence-corrected chi connectivity index (χ0v) is 9.75. The van der Waals surface area contributed by atoms with Crippen LogP contribution in [0.3, 0.4) is 0 Å². The Morgan fingerprint density at radius 3 is 2.62 bits per heavy atom. The highest BCUT2D eigenvalue weighted by Gasteiger charge is 2.26. The third-order valence-corrected chi connectivity index (χ3v) is 2.57. The number of rotatable bonds is 3. The van der Waals surface area contributed by atoms with Gasteiger partial charge in [0.25, 0.3) is 0 Å². The van der Waals surface area contributed by atoms with Gasteiger partial charge in [0.15, 0.2) is 5.78 Å². The summed E-state index contributed by atoms with van der Waals surface area (Å²) in [6, 6.07) is 6.14. The third kappa shape index (κ3) is 2.40. The summed E-state index contributed by atoms with van der Waals surface area (Å²) in [5.74, 6) is -2.39. The highest BCUT2D eigenvalue weighted by atomic mass is 35.5. The first kappa shape index (κ1) is 12.7. The number of halogens is 2. The molecular weight excluding hydrogens is 229 g/mol. The van der Waals surface area contributed by atoms with Gasteiger partial charge in [-0.25, -0.2) is 4.39 Å². The van der Waals surface area contributed by atoms with E-state index in [1.807, 2.05) is 6.07 Å². The van der Waals surface area contributed by atoms with Crippen molar-refractivity contribution >= 4 is 17.4 Å². The zero-order chi connectivity index (χ0) is 12.3. The Morgan fingerprint density at radius 2 is 2.12 bits per heavy atom. The van der Waals surface area contributed by atoms with E-state index in [2.05, 4.69) is 0 Å². The predicted octanol–water partition coefficient (Wildman–Crippen LogP) is 3.31. The summed E-state index contributed by atoms with van der Waals surface area (Å²) >= 11 is 5.60. The van der Waals surface area contributed by atoms with E-state index in [0.29, 0.717) is 0 Å². The molecule has 0 fully saturated rings. The van der Waals surface area contributed by atoms with Gasteiger partial charge in [-0.05, 0) is 6.07 Å². The third-order valence-electron chi connectivity index (χ3n) is 2.28. The summed E-state index contributed by atoms with van der Waals surface area (Å²) in [4.78, 5) is 11.7. The second kappa shape index (κ2) is 5.09. The minimum atomic E-state index is -1.08. The van der Waals surface area contributed by atoms with Crippen molar-refractivity contribution in [1.29, 1.82) is 5.26 Å². The molecule has 84 valence electrons.